The van der Waals surface area contributed by atoms with Gasteiger partial charge in [-0.25, -0.2) is 0 Å². The molecule has 4 heteroatoms. The third-order valence-electron chi connectivity index (χ3n) is 2.53. The molecule has 0 aliphatic carbocycles. The molecule has 0 radical (unpaired) electrons. The van der Waals surface area contributed by atoms with Crippen LogP contribution in [0.4, 0.5) is 0 Å². The van der Waals surface area contributed by atoms with Crippen molar-refractivity contribution in [1.29, 1.82) is 0 Å². The zero-order valence-electron chi connectivity index (χ0n) is 11.9. The third-order valence-corrected chi connectivity index (χ3v) is 3.03. The highest BCUT2D eigenvalue weighted by atomic mass is 35.5. The van der Waals surface area contributed by atoms with Crippen molar-refractivity contribution in [3.8, 4) is 5.75 Å². The quantitative estimate of drug-likeness (QED) is 0.786. The van der Waals surface area contributed by atoms with Crippen LogP contribution in [0.3, 0.4) is 0 Å². The van der Waals surface area contributed by atoms with E-state index >= 15 is 0 Å². The Morgan fingerprint density at radius 1 is 1.37 bits per heavy atom. The van der Waals surface area contributed by atoms with Crippen LogP contribution in [-0.2, 0) is 6.54 Å². The predicted molar refractivity (Wildman–Crippen MR) is 83.3 cm³/mol. The summed E-state index contributed by atoms with van der Waals surface area (Å²) in [5.74, 6) is 0.662. The zero-order chi connectivity index (χ0) is 14.6. The summed E-state index contributed by atoms with van der Waals surface area (Å²) in [7, 11) is 0. The fourth-order valence-corrected chi connectivity index (χ4v) is 2.05. The summed E-state index contributed by atoms with van der Waals surface area (Å²) in [5.41, 5.74) is 0.956. The molecular weight excluding hydrogens is 281 g/mol. The second-order valence-electron chi connectivity index (χ2n) is 5.54. The number of ether oxygens (including phenoxy) is 1. The molecule has 0 saturated heterocycles. The van der Waals surface area contributed by atoms with E-state index < -0.39 is 0 Å². The van der Waals surface area contributed by atoms with Gasteiger partial charge in [-0.3, -0.25) is 0 Å². The van der Waals surface area contributed by atoms with Crippen molar-refractivity contribution in [3.63, 3.8) is 0 Å². The van der Waals surface area contributed by atoms with Gasteiger partial charge in [0, 0.05) is 22.7 Å². The van der Waals surface area contributed by atoms with Crippen molar-refractivity contribution >= 4 is 23.2 Å². The highest BCUT2D eigenvalue weighted by molar-refractivity contribution is 6.35. The third kappa shape index (κ3) is 5.43. The molecule has 106 valence electrons. The van der Waals surface area contributed by atoms with Crippen molar-refractivity contribution in [2.75, 3.05) is 0 Å². The van der Waals surface area contributed by atoms with Gasteiger partial charge < -0.3 is 10.1 Å². The maximum atomic E-state index is 6.21. The second-order valence-corrected chi connectivity index (χ2v) is 6.38. The second kappa shape index (κ2) is 6.65. The van der Waals surface area contributed by atoms with E-state index in [1.165, 1.54) is 0 Å². The van der Waals surface area contributed by atoms with Gasteiger partial charge >= 0.3 is 0 Å². The molecule has 1 aromatic rings. The summed E-state index contributed by atoms with van der Waals surface area (Å²) in [5, 5.41) is 4.53. The fraction of sp³-hybridized carbons (Fsp3) is 0.467. The van der Waals surface area contributed by atoms with Crippen LogP contribution in [0.1, 0.15) is 33.3 Å². The Morgan fingerprint density at radius 2 is 2.00 bits per heavy atom. The minimum absolute atomic E-state index is 0.0100. The molecule has 0 spiro atoms. The van der Waals surface area contributed by atoms with Gasteiger partial charge in [-0.15, -0.1) is 0 Å². The molecule has 0 aromatic heterocycles. The van der Waals surface area contributed by atoms with Gasteiger partial charge in [-0.2, -0.15) is 0 Å². The first-order chi connectivity index (χ1) is 8.73. The minimum Gasteiger partial charge on any atom is -0.485 e. The summed E-state index contributed by atoms with van der Waals surface area (Å²) in [6, 6.07) is 3.56. The van der Waals surface area contributed by atoms with Crippen LogP contribution in [-0.4, -0.2) is 11.6 Å². The molecule has 0 amide bonds. The standard InChI is InChI=1S/C15H21Cl2NO/c1-6-10(2)19-14-11(9-18-15(3,4)5)7-12(16)8-13(14)17/h6-8,10,18H,1,9H2,2-5H3. The van der Waals surface area contributed by atoms with E-state index in [4.69, 9.17) is 27.9 Å². The highest BCUT2D eigenvalue weighted by Crippen LogP contribution is 2.33. The van der Waals surface area contributed by atoms with Crippen molar-refractivity contribution < 1.29 is 4.74 Å². The Labute approximate surface area is 125 Å². The molecule has 2 nitrogen and oxygen atoms in total. The first-order valence-corrected chi connectivity index (χ1v) is 7.00. The molecule has 1 rings (SSSR count). The number of rotatable bonds is 5. The summed E-state index contributed by atoms with van der Waals surface area (Å²) < 4.78 is 5.80. The topological polar surface area (TPSA) is 21.3 Å². The van der Waals surface area contributed by atoms with Crippen LogP contribution in [0.2, 0.25) is 10.0 Å². The Balaban J connectivity index is 3.02. The number of hydrogen-bond acceptors (Lipinski definition) is 2. The molecule has 1 aromatic carbocycles. The van der Waals surface area contributed by atoms with Crippen molar-refractivity contribution in [2.45, 2.75) is 45.9 Å². The Kier molecular flexibility index (Phi) is 5.72. The summed E-state index contributed by atoms with van der Waals surface area (Å²) in [4.78, 5) is 0. The van der Waals surface area contributed by atoms with Crippen molar-refractivity contribution in [2.24, 2.45) is 0 Å². The fourth-order valence-electron chi connectivity index (χ4n) is 1.47. The zero-order valence-corrected chi connectivity index (χ0v) is 13.4. The molecule has 0 fully saturated rings. The Morgan fingerprint density at radius 3 is 2.53 bits per heavy atom. The number of halogens is 2. The van der Waals surface area contributed by atoms with E-state index in [-0.39, 0.29) is 11.6 Å². The predicted octanol–water partition coefficient (Wildman–Crippen LogP) is 4.83. The molecule has 1 unspecified atom stereocenters. The molecule has 0 aliphatic heterocycles. The Hall–Kier alpha value is -0.700. The molecular formula is C15H21Cl2NO. The van der Waals surface area contributed by atoms with Gasteiger partial charge in [-0.1, -0.05) is 35.9 Å². The van der Waals surface area contributed by atoms with E-state index in [0.717, 1.165) is 5.56 Å². The molecule has 19 heavy (non-hydrogen) atoms. The van der Waals surface area contributed by atoms with E-state index in [0.29, 0.717) is 22.3 Å². The first kappa shape index (κ1) is 16.4. The van der Waals surface area contributed by atoms with Crippen molar-refractivity contribution in [1.82, 2.24) is 5.32 Å². The van der Waals surface area contributed by atoms with E-state index in [1.807, 2.05) is 13.0 Å². The van der Waals surface area contributed by atoms with Gasteiger partial charge in [-0.05, 0) is 39.8 Å². The summed E-state index contributed by atoms with van der Waals surface area (Å²) in [6.07, 6.45) is 1.62. The van der Waals surface area contributed by atoms with Crippen LogP contribution in [0.25, 0.3) is 0 Å². The summed E-state index contributed by atoms with van der Waals surface area (Å²) >= 11 is 12.3. The van der Waals surface area contributed by atoms with Crippen LogP contribution in [0.5, 0.6) is 5.75 Å². The molecule has 0 bridgehead atoms. The molecule has 0 heterocycles. The molecule has 0 saturated carbocycles. The van der Waals surface area contributed by atoms with Crippen LogP contribution >= 0.6 is 23.2 Å². The number of benzene rings is 1. The van der Waals surface area contributed by atoms with Crippen LogP contribution < -0.4 is 10.1 Å². The lowest BCUT2D eigenvalue weighted by Gasteiger charge is -2.23. The smallest absolute Gasteiger partial charge is 0.143 e. The lowest BCUT2D eigenvalue weighted by atomic mass is 10.1. The normalized spacial score (nSPS) is 13.2. The van der Waals surface area contributed by atoms with Gasteiger partial charge in [0.1, 0.15) is 11.9 Å². The SMILES string of the molecule is C=CC(C)Oc1c(Cl)cc(Cl)cc1CNC(C)(C)C. The molecule has 0 aliphatic rings. The highest BCUT2D eigenvalue weighted by Gasteiger charge is 2.15. The van der Waals surface area contributed by atoms with E-state index in [2.05, 4.69) is 32.7 Å². The maximum Gasteiger partial charge on any atom is 0.143 e. The first-order valence-electron chi connectivity index (χ1n) is 6.25. The van der Waals surface area contributed by atoms with Gasteiger partial charge in [0.05, 0.1) is 5.02 Å². The monoisotopic (exact) mass is 301 g/mol. The van der Waals surface area contributed by atoms with E-state index in [1.54, 1.807) is 12.1 Å². The van der Waals surface area contributed by atoms with Gasteiger partial charge in [0.25, 0.3) is 0 Å². The van der Waals surface area contributed by atoms with E-state index in [9.17, 15) is 0 Å². The summed E-state index contributed by atoms with van der Waals surface area (Å²) in [6.45, 7) is 12.6. The van der Waals surface area contributed by atoms with Gasteiger partial charge in [0.15, 0.2) is 0 Å². The van der Waals surface area contributed by atoms with Crippen LogP contribution in [0.15, 0.2) is 24.8 Å². The molecule has 1 atom stereocenters. The average Bonchev–Trinajstić information content (AvgIpc) is 2.28. The maximum absolute atomic E-state index is 6.21. The number of nitrogens with one attached hydrogen (secondary N) is 1. The largest absolute Gasteiger partial charge is 0.485 e. The van der Waals surface area contributed by atoms with Crippen molar-refractivity contribution in [3.05, 3.63) is 40.4 Å². The lowest BCUT2D eigenvalue weighted by molar-refractivity contribution is 0.266. The number of hydrogen-bond donors (Lipinski definition) is 1. The van der Waals surface area contributed by atoms with Crippen LogP contribution in [0, 0.1) is 0 Å². The lowest BCUT2D eigenvalue weighted by Crippen LogP contribution is -2.35. The Bertz CT molecular complexity index is 452. The minimum atomic E-state index is -0.105. The molecule has 1 N–H and O–H groups in total. The van der Waals surface area contributed by atoms with Gasteiger partial charge in [0.2, 0.25) is 0 Å². The average molecular weight is 302 g/mol.